The number of ether oxygens (including phenoxy) is 3. The Hall–Kier alpha value is -4.28. The van der Waals surface area contributed by atoms with Crippen molar-refractivity contribution in [3.63, 3.8) is 0 Å². The number of carbonyl (C=O) groups is 1. The molecular weight excluding hydrogens is 414 g/mol. The van der Waals surface area contributed by atoms with Crippen molar-refractivity contribution in [2.45, 2.75) is 0 Å². The van der Waals surface area contributed by atoms with E-state index >= 15 is 0 Å². The molecule has 2 heterocycles. The van der Waals surface area contributed by atoms with E-state index in [1.54, 1.807) is 24.4 Å². The Kier molecular flexibility index (Phi) is 7.84. The van der Waals surface area contributed by atoms with Crippen molar-refractivity contribution in [3.05, 3.63) is 48.9 Å². The van der Waals surface area contributed by atoms with Crippen LogP contribution in [0.2, 0.25) is 0 Å². The zero-order valence-electron chi connectivity index (χ0n) is 18.0. The fraction of sp³-hybridized carbons (Fsp3) is 0.238. The fourth-order valence-electron chi connectivity index (χ4n) is 2.79. The minimum absolute atomic E-state index is 0.364. The molecule has 0 radical (unpaired) electrons. The minimum atomic E-state index is -0.374. The van der Waals surface area contributed by atoms with Crippen LogP contribution in [0.3, 0.4) is 0 Å². The molecule has 0 aliphatic rings. The van der Waals surface area contributed by atoms with Gasteiger partial charge in [0.1, 0.15) is 23.8 Å². The number of carbonyl (C=O) groups excluding carboxylic acids is 1. The lowest BCUT2D eigenvalue weighted by molar-refractivity contribution is 0.252. The molecule has 2 aromatic heterocycles. The number of nitrogens with one attached hydrogen (secondary N) is 4. The third kappa shape index (κ3) is 6.11. The zero-order valence-corrected chi connectivity index (χ0v) is 18.0. The summed E-state index contributed by atoms with van der Waals surface area (Å²) < 4.78 is 15.9. The number of benzene rings is 1. The minimum Gasteiger partial charge on any atom is -0.493 e. The second-order valence-corrected chi connectivity index (χ2v) is 6.35. The molecule has 0 saturated carbocycles. The van der Waals surface area contributed by atoms with E-state index in [-0.39, 0.29) is 6.03 Å². The van der Waals surface area contributed by atoms with Gasteiger partial charge in [-0.25, -0.2) is 19.7 Å². The van der Waals surface area contributed by atoms with Gasteiger partial charge in [0.05, 0.1) is 27.0 Å². The van der Waals surface area contributed by atoms with Crippen molar-refractivity contribution in [1.29, 1.82) is 0 Å². The van der Waals surface area contributed by atoms with E-state index in [0.717, 1.165) is 0 Å². The van der Waals surface area contributed by atoms with Crippen LogP contribution in [0.1, 0.15) is 0 Å². The van der Waals surface area contributed by atoms with E-state index in [9.17, 15) is 4.79 Å². The van der Waals surface area contributed by atoms with E-state index < -0.39 is 0 Å². The first-order chi connectivity index (χ1) is 15.6. The van der Waals surface area contributed by atoms with Gasteiger partial charge in [-0.1, -0.05) is 6.07 Å². The average Bonchev–Trinajstić information content (AvgIpc) is 2.82. The molecule has 2 amide bonds. The summed E-state index contributed by atoms with van der Waals surface area (Å²) in [6.07, 6.45) is 3.13. The van der Waals surface area contributed by atoms with Gasteiger partial charge < -0.3 is 35.5 Å². The number of aromatic nitrogens is 3. The van der Waals surface area contributed by atoms with E-state index in [0.29, 0.717) is 53.5 Å². The van der Waals surface area contributed by atoms with Crippen molar-refractivity contribution in [1.82, 2.24) is 20.3 Å². The van der Waals surface area contributed by atoms with Crippen LogP contribution < -0.4 is 35.5 Å². The third-order valence-corrected chi connectivity index (χ3v) is 4.23. The van der Waals surface area contributed by atoms with Gasteiger partial charge in [-0.15, -0.1) is 0 Å². The van der Waals surface area contributed by atoms with Gasteiger partial charge >= 0.3 is 6.03 Å². The monoisotopic (exact) mass is 439 g/mol. The van der Waals surface area contributed by atoms with Crippen molar-refractivity contribution in [2.75, 3.05) is 50.4 Å². The highest BCUT2D eigenvalue weighted by Crippen LogP contribution is 2.39. The third-order valence-electron chi connectivity index (χ3n) is 4.23. The fourth-order valence-corrected chi connectivity index (χ4v) is 2.79. The summed E-state index contributed by atoms with van der Waals surface area (Å²) >= 11 is 0. The summed E-state index contributed by atoms with van der Waals surface area (Å²) in [5.41, 5.74) is 0.506. The number of urea groups is 1. The van der Waals surface area contributed by atoms with Crippen LogP contribution in [-0.2, 0) is 0 Å². The van der Waals surface area contributed by atoms with Gasteiger partial charge in [0.25, 0.3) is 0 Å². The molecule has 11 nitrogen and oxygen atoms in total. The van der Waals surface area contributed by atoms with Crippen molar-refractivity contribution in [3.8, 4) is 17.2 Å². The smallest absolute Gasteiger partial charge is 0.319 e. The van der Waals surface area contributed by atoms with Crippen LogP contribution in [-0.4, -0.2) is 55.4 Å². The van der Waals surface area contributed by atoms with Crippen LogP contribution in [0.15, 0.2) is 48.9 Å². The molecule has 0 saturated heterocycles. The first-order valence-electron chi connectivity index (χ1n) is 9.71. The van der Waals surface area contributed by atoms with Gasteiger partial charge in [0, 0.05) is 37.5 Å². The highest BCUT2D eigenvalue weighted by atomic mass is 16.5. The number of hydrogen-bond acceptors (Lipinski definition) is 9. The molecule has 32 heavy (non-hydrogen) atoms. The predicted molar refractivity (Wildman–Crippen MR) is 121 cm³/mol. The number of pyridine rings is 1. The SMILES string of the molecule is COc1cc(NC(=O)NCCNc2cc(Nc3ccccn3)ncn2)cc(OC)c1OC. The molecule has 3 rings (SSSR count). The summed E-state index contributed by atoms with van der Waals surface area (Å²) in [5, 5.41) is 11.7. The Balaban J connectivity index is 1.48. The van der Waals surface area contributed by atoms with Crippen molar-refractivity contribution < 1.29 is 19.0 Å². The Morgan fingerprint density at radius 1 is 0.875 bits per heavy atom. The van der Waals surface area contributed by atoms with E-state index in [1.165, 1.54) is 27.7 Å². The molecule has 4 N–H and O–H groups in total. The van der Waals surface area contributed by atoms with E-state index in [4.69, 9.17) is 14.2 Å². The Labute approximate surface area is 185 Å². The summed E-state index contributed by atoms with van der Waals surface area (Å²) in [6, 6.07) is 10.2. The van der Waals surface area contributed by atoms with Crippen LogP contribution in [0.4, 0.5) is 27.9 Å². The number of nitrogens with zero attached hydrogens (tertiary/aromatic N) is 3. The molecule has 0 unspecified atom stereocenters. The van der Waals surface area contributed by atoms with Gasteiger partial charge in [-0.2, -0.15) is 0 Å². The largest absolute Gasteiger partial charge is 0.493 e. The lowest BCUT2D eigenvalue weighted by Crippen LogP contribution is -2.32. The quantitative estimate of drug-likeness (QED) is 0.352. The number of amides is 2. The van der Waals surface area contributed by atoms with Crippen molar-refractivity contribution >= 4 is 29.2 Å². The summed E-state index contributed by atoms with van der Waals surface area (Å²) in [6.45, 7) is 0.825. The molecule has 0 aliphatic heterocycles. The second-order valence-electron chi connectivity index (χ2n) is 6.35. The first kappa shape index (κ1) is 22.4. The maximum Gasteiger partial charge on any atom is 0.319 e. The molecule has 0 spiro atoms. The van der Waals surface area contributed by atoms with Gasteiger partial charge in [0.2, 0.25) is 5.75 Å². The predicted octanol–water partition coefficient (Wildman–Crippen LogP) is 2.87. The molecule has 168 valence electrons. The number of methoxy groups -OCH3 is 3. The van der Waals surface area contributed by atoms with Gasteiger partial charge in [-0.3, -0.25) is 0 Å². The maximum atomic E-state index is 12.2. The number of rotatable bonds is 10. The first-order valence-corrected chi connectivity index (χ1v) is 9.71. The number of hydrogen-bond donors (Lipinski definition) is 4. The van der Waals surface area contributed by atoms with Crippen LogP contribution in [0, 0.1) is 0 Å². The summed E-state index contributed by atoms with van der Waals surface area (Å²) in [4.78, 5) is 24.8. The lowest BCUT2D eigenvalue weighted by Gasteiger charge is -2.15. The molecule has 11 heteroatoms. The highest BCUT2D eigenvalue weighted by Gasteiger charge is 2.14. The van der Waals surface area contributed by atoms with E-state index in [1.807, 2.05) is 18.2 Å². The maximum absolute atomic E-state index is 12.2. The normalized spacial score (nSPS) is 10.1. The molecule has 0 atom stereocenters. The Morgan fingerprint density at radius 2 is 1.62 bits per heavy atom. The molecule has 0 fully saturated rings. The molecule has 1 aromatic carbocycles. The zero-order chi connectivity index (χ0) is 22.8. The Bertz CT molecular complexity index is 1010. The van der Waals surface area contributed by atoms with Crippen molar-refractivity contribution in [2.24, 2.45) is 0 Å². The number of anilines is 4. The molecule has 0 aliphatic carbocycles. The Morgan fingerprint density at radius 3 is 2.28 bits per heavy atom. The topological polar surface area (TPSA) is 132 Å². The van der Waals surface area contributed by atoms with Crippen LogP contribution >= 0.6 is 0 Å². The molecular formula is C21H25N7O4. The van der Waals surface area contributed by atoms with Gasteiger partial charge in [-0.05, 0) is 12.1 Å². The second kappa shape index (κ2) is 11.2. The van der Waals surface area contributed by atoms with Gasteiger partial charge in [0.15, 0.2) is 11.5 Å². The van der Waals surface area contributed by atoms with Crippen LogP contribution in [0.5, 0.6) is 17.2 Å². The van der Waals surface area contributed by atoms with E-state index in [2.05, 4.69) is 36.2 Å². The standard InChI is InChI=1S/C21H25N7O4/c1-30-15-10-14(11-16(31-2)20(15)32-3)27-21(29)24-9-8-23-18-12-19(26-13-25-18)28-17-6-4-5-7-22-17/h4-7,10-13H,8-9H2,1-3H3,(H2,24,27,29)(H2,22,23,25,26,28). The highest BCUT2D eigenvalue weighted by molar-refractivity contribution is 5.90. The molecule has 0 bridgehead atoms. The summed E-state index contributed by atoms with van der Waals surface area (Å²) in [5.74, 6) is 3.25. The average molecular weight is 439 g/mol. The molecule has 3 aromatic rings. The summed E-state index contributed by atoms with van der Waals surface area (Å²) in [7, 11) is 4.54. The van der Waals surface area contributed by atoms with Crippen LogP contribution in [0.25, 0.3) is 0 Å². The lowest BCUT2D eigenvalue weighted by atomic mass is 10.2.